The molecule has 0 aliphatic carbocycles. The molecule has 1 amide bonds. The van der Waals surface area contributed by atoms with E-state index in [1.54, 1.807) is 12.1 Å². The summed E-state index contributed by atoms with van der Waals surface area (Å²) in [5.74, 6) is -0.320. The number of nitrogen functional groups attached to an aromatic ring is 1. The van der Waals surface area contributed by atoms with Gasteiger partial charge in [-0.15, -0.1) is 0 Å². The van der Waals surface area contributed by atoms with Crippen LogP contribution in [0.3, 0.4) is 0 Å². The van der Waals surface area contributed by atoms with Crippen LogP contribution in [-0.2, 0) is 11.3 Å². The van der Waals surface area contributed by atoms with Gasteiger partial charge in [0, 0.05) is 25.8 Å². The van der Waals surface area contributed by atoms with E-state index in [-0.39, 0.29) is 30.6 Å². The lowest BCUT2D eigenvalue weighted by Gasteiger charge is -2.25. The molecule has 3 rings (SSSR count). The van der Waals surface area contributed by atoms with Crippen LogP contribution in [0.15, 0.2) is 52.1 Å². The van der Waals surface area contributed by atoms with Crippen LogP contribution in [-0.4, -0.2) is 35.7 Å². The molecule has 0 saturated carbocycles. The van der Waals surface area contributed by atoms with Crippen LogP contribution in [0.4, 0.5) is 11.5 Å². The number of fused-ring (bicyclic) bond motifs is 1. The molecule has 30 heavy (non-hydrogen) atoms. The standard InChI is InChI=1S/C22H26N4O4/c1-14(2)13-26-19(23)18(20(27)24-22(26)29)25(10-11-30-3)21(28)17-9-8-15-6-4-5-7-16(15)12-17/h4-9,12,14H,10-11,13,23H2,1-3H3,(H,24,27,29). The summed E-state index contributed by atoms with van der Waals surface area (Å²) in [6.07, 6.45) is 0. The molecule has 0 aliphatic rings. The van der Waals surface area contributed by atoms with Crippen LogP contribution in [0.25, 0.3) is 10.8 Å². The van der Waals surface area contributed by atoms with E-state index in [2.05, 4.69) is 4.98 Å². The molecule has 0 spiro atoms. The summed E-state index contributed by atoms with van der Waals surface area (Å²) in [6.45, 7) is 4.48. The first-order valence-electron chi connectivity index (χ1n) is 9.75. The lowest BCUT2D eigenvalue weighted by Crippen LogP contribution is -2.42. The summed E-state index contributed by atoms with van der Waals surface area (Å²) in [4.78, 5) is 41.9. The number of rotatable bonds is 7. The number of carbonyl (C=O) groups excluding carboxylic acids is 1. The van der Waals surface area contributed by atoms with Gasteiger partial charge in [0.1, 0.15) is 5.82 Å². The number of methoxy groups -OCH3 is 1. The number of H-pyrrole nitrogens is 1. The zero-order valence-electron chi connectivity index (χ0n) is 17.3. The van der Waals surface area contributed by atoms with E-state index in [1.165, 1.54) is 16.6 Å². The van der Waals surface area contributed by atoms with Gasteiger partial charge in [0.2, 0.25) is 0 Å². The van der Waals surface area contributed by atoms with E-state index >= 15 is 0 Å². The Labute approximate surface area is 173 Å². The molecule has 158 valence electrons. The number of hydrogen-bond acceptors (Lipinski definition) is 5. The molecular weight excluding hydrogens is 384 g/mol. The van der Waals surface area contributed by atoms with Gasteiger partial charge in [-0.05, 0) is 28.8 Å². The molecule has 8 nitrogen and oxygen atoms in total. The Kier molecular flexibility index (Phi) is 6.37. The van der Waals surface area contributed by atoms with Crippen LogP contribution in [0.2, 0.25) is 0 Å². The fourth-order valence-corrected chi connectivity index (χ4v) is 3.36. The highest BCUT2D eigenvalue weighted by Crippen LogP contribution is 2.22. The van der Waals surface area contributed by atoms with Crippen LogP contribution in [0.5, 0.6) is 0 Å². The zero-order chi connectivity index (χ0) is 21.8. The molecule has 2 aromatic carbocycles. The maximum Gasteiger partial charge on any atom is 0.330 e. The molecule has 8 heteroatoms. The number of nitrogens with zero attached hydrogens (tertiary/aromatic N) is 2. The Morgan fingerprint density at radius 1 is 1.17 bits per heavy atom. The maximum absolute atomic E-state index is 13.4. The van der Waals surface area contributed by atoms with Crippen molar-refractivity contribution < 1.29 is 9.53 Å². The van der Waals surface area contributed by atoms with Crippen molar-refractivity contribution in [2.24, 2.45) is 5.92 Å². The summed E-state index contributed by atoms with van der Waals surface area (Å²) in [5, 5.41) is 1.90. The molecule has 0 atom stereocenters. The van der Waals surface area contributed by atoms with Gasteiger partial charge in [-0.3, -0.25) is 24.0 Å². The second-order valence-corrected chi connectivity index (χ2v) is 7.51. The van der Waals surface area contributed by atoms with Crippen LogP contribution < -0.4 is 21.9 Å². The summed E-state index contributed by atoms with van der Waals surface area (Å²) < 4.78 is 6.42. The normalized spacial score (nSPS) is 11.2. The Bertz CT molecular complexity index is 1180. The summed E-state index contributed by atoms with van der Waals surface area (Å²) >= 11 is 0. The van der Waals surface area contributed by atoms with E-state index in [0.29, 0.717) is 12.1 Å². The summed E-state index contributed by atoms with van der Waals surface area (Å²) in [7, 11) is 1.51. The van der Waals surface area contributed by atoms with Crippen molar-refractivity contribution in [3.05, 3.63) is 68.9 Å². The molecule has 0 aliphatic heterocycles. The zero-order valence-corrected chi connectivity index (χ0v) is 17.3. The van der Waals surface area contributed by atoms with Crippen molar-refractivity contribution in [2.45, 2.75) is 20.4 Å². The highest BCUT2D eigenvalue weighted by atomic mass is 16.5. The van der Waals surface area contributed by atoms with Gasteiger partial charge in [0.15, 0.2) is 5.69 Å². The van der Waals surface area contributed by atoms with Gasteiger partial charge in [-0.1, -0.05) is 44.2 Å². The predicted molar refractivity (Wildman–Crippen MR) is 118 cm³/mol. The van der Waals surface area contributed by atoms with Gasteiger partial charge >= 0.3 is 5.69 Å². The minimum atomic E-state index is -0.706. The van der Waals surface area contributed by atoms with Gasteiger partial charge in [-0.2, -0.15) is 0 Å². The second-order valence-electron chi connectivity index (χ2n) is 7.51. The van der Waals surface area contributed by atoms with Gasteiger partial charge in [0.25, 0.3) is 11.5 Å². The average Bonchev–Trinajstić information content (AvgIpc) is 2.72. The highest BCUT2D eigenvalue weighted by Gasteiger charge is 2.25. The van der Waals surface area contributed by atoms with Crippen LogP contribution >= 0.6 is 0 Å². The van der Waals surface area contributed by atoms with Crippen molar-refractivity contribution in [1.82, 2.24) is 9.55 Å². The van der Waals surface area contributed by atoms with Crippen LogP contribution in [0.1, 0.15) is 24.2 Å². The Morgan fingerprint density at radius 2 is 1.87 bits per heavy atom. The number of nitrogens with one attached hydrogen (secondary N) is 1. The maximum atomic E-state index is 13.4. The number of nitrogens with two attached hydrogens (primary N) is 1. The largest absolute Gasteiger partial charge is 0.383 e. The molecule has 0 fully saturated rings. The summed E-state index contributed by atoms with van der Waals surface area (Å²) in [6, 6.07) is 13.0. The van der Waals surface area contributed by atoms with E-state index in [1.807, 2.05) is 44.2 Å². The van der Waals surface area contributed by atoms with Gasteiger partial charge in [-0.25, -0.2) is 4.79 Å². The van der Waals surface area contributed by atoms with Gasteiger partial charge < -0.3 is 10.5 Å². The highest BCUT2D eigenvalue weighted by molar-refractivity contribution is 6.09. The van der Waals surface area contributed by atoms with E-state index in [0.717, 1.165) is 10.8 Å². The molecule has 0 bridgehead atoms. The van der Waals surface area contributed by atoms with Crippen molar-refractivity contribution in [3.8, 4) is 0 Å². The third kappa shape index (κ3) is 4.28. The first-order chi connectivity index (χ1) is 14.3. The third-order valence-electron chi connectivity index (χ3n) is 4.79. The minimum absolute atomic E-state index is 0.0392. The number of ether oxygens (including phenoxy) is 1. The number of carbonyl (C=O) groups is 1. The van der Waals surface area contributed by atoms with E-state index in [4.69, 9.17) is 10.5 Å². The Morgan fingerprint density at radius 3 is 2.53 bits per heavy atom. The molecular formula is C22H26N4O4. The average molecular weight is 410 g/mol. The second kappa shape index (κ2) is 8.96. The molecule has 1 aromatic heterocycles. The molecule has 0 saturated heterocycles. The Balaban J connectivity index is 2.13. The molecule has 0 radical (unpaired) electrons. The van der Waals surface area contributed by atoms with Crippen molar-refractivity contribution in [2.75, 3.05) is 30.9 Å². The van der Waals surface area contributed by atoms with E-state index in [9.17, 15) is 14.4 Å². The quantitative estimate of drug-likeness (QED) is 0.621. The molecule has 0 unspecified atom stereocenters. The van der Waals surface area contributed by atoms with Crippen LogP contribution in [0, 0.1) is 5.92 Å². The number of aromatic nitrogens is 2. The van der Waals surface area contributed by atoms with E-state index < -0.39 is 17.2 Å². The lowest BCUT2D eigenvalue weighted by molar-refractivity contribution is 0.0975. The van der Waals surface area contributed by atoms with Crippen molar-refractivity contribution >= 4 is 28.2 Å². The van der Waals surface area contributed by atoms with Gasteiger partial charge in [0.05, 0.1) is 6.61 Å². The monoisotopic (exact) mass is 410 g/mol. The number of aromatic amines is 1. The minimum Gasteiger partial charge on any atom is -0.383 e. The summed E-state index contributed by atoms with van der Waals surface area (Å²) in [5.41, 5.74) is 5.27. The fourth-order valence-electron chi connectivity index (χ4n) is 3.36. The first-order valence-corrected chi connectivity index (χ1v) is 9.75. The number of hydrogen-bond donors (Lipinski definition) is 2. The third-order valence-corrected chi connectivity index (χ3v) is 4.79. The topological polar surface area (TPSA) is 110 Å². The number of benzene rings is 2. The van der Waals surface area contributed by atoms with Crippen molar-refractivity contribution in [1.29, 1.82) is 0 Å². The molecule has 3 N–H and O–H groups in total. The molecule has 1 heterocycles. The Hall–Kier alpha value is -3.39. The predicted octanol–water partition coefficient (Wildman–Crippen LogP) is 2.22. The first kappa shape index (κ1) is 21.3. The number of amides is 1. The van der Waals surface area contributed by atoms with Crippen molar-refractivity contribution in [3.63, 3.8) is 0 Å². The number of anilines is 2. The molecule has 3 aromatic rings. The SMILES string of the molecule is COCCN(C(=O)c1ccc2ccccc2c1)c1c(N)n(CC(C)C)c(=O)[nH]c1=O. The lowest BCUT2D eigenvalue weighted by atomic mass is 10.1. The smallest absolute Gasteiger partial charge is 0.330 e. The fraction of sp³-hybridized carbons (Fsp3) is 0.318.